The van der Waals surface area contributed by atoms with Crippen molar-refractivity contribution in [3.8, 4) is 0 Å². The molecule has 3 nitrogen and oxygen atoms in total. The second kappa shape index (κ2) is 3.89. The third-order valence-electron chi connectivity index (χ3n) is 1.37. The highest BCUT2D eigenvalue weighted by atomic mass is 32.2. The van der Waals surface area contributed by atoms with Gasteiger partial charge in [0, 0.05) is 6.07 Å². The standard InChI is InChI=1S/C7H3F5NO2S/c8-4-1-5(9)3-6(2-4)13-16(14,15)7(10,11)12/h1-3H/q-1. The van der Waals surface area contributed by atoms with E-state index < -0.39 is 32.9 Å². The first-order valence-electron chi connectivity index (χ1n) is 3.62. The normalized spacial score (nSPS) is 12.6. The van der Waals surface area contributed by atoms with Crippen molar-refractivity contribution in [2.75, 3.05) is 0 Å². The Morgan fingerprint density at radius 1 is 1.00 bits per heavy atom. The summed E-state index contributed by atoms with van der Waals surface area (Å²) in [6.07, 6.45) is 0. The van der Waals surface area contributed by atoms with E-state index in [0.29, 0.717) is 18.2 Å². The van der Waals surface area contributed by atoms with Gasteiger partial charge in [-0.2, -0.15) is 13.2 Å². The van der Waals surface area contributed by atoms with Crippen LogP contribution >= 0.6 is 0 Å². The number of alkyl halides is 3. The molecule has 0 unspecified atom stereocenters. The van der Waals surface area contributed by atoms with Crippen LogP contribution in [-0.2, 0) is 10.0 Å². The first-order valence-corrected chi connectivity index (χ1v) is 5.06. The third-order valence-corrected chi connectivity index (χ3v) is 2.40. The van der Waals surface area contributed by atoms with E-state index in [0.717, 1.165) is 0 Å². The Kier molecular flexibility index (Phi) is 3.08. The Labute approximate surface area is 86.9 Å². The fourth-order valence-electron chi connectivity index (χ4n) is 0.783. The molecule has 90 valence electrons. The Hall–Kier alpha value is -1.38. The second-order valence-electron chi connectivity index (χ2n) is 2.64. The largest absolute Gasteiger partial charge is 0.569 e. The van der Waals surface area contributed by atoms with Crippen molar-refractivity contribution in [2.45, 2.75) is 5.51 Å². The molecule has 1 aromatic carbocycles. The molecule has 0 heterocycles. The number of sulfonamides is 1. The smallest absolute Gasteiger partial charge is 0.483 e. The van der Waals surface area contributed by atoms with Crippen LogP contribution in [0.1, 0.15) is 0 Å². The predicted octanol–water partition coefficient (Wildman–Crippen LogP) is 2.82. The Balaban J connectivity index is 3.07. The van der Waals surface area contributed by atoms with Crippen molar-refractivity contribution in [1.29, 1.82) is 0 Å². The van der Waals surface area contributed by atoms with Gasteiger partial charge in [0.05, 0.1) is 0 Å². The molecule has 0 radical (unpaired) electrons. The maximum Gasteiger partial charge on any atom is 0.483 e. The van der Waals surface area contributed by atoms with Gasteiger partial charge >= 0.3 is 5.51 Å². The maximum atomic E-state index is 12.5. The Morgan fingerprint density at radius 3 is 1.81 bits per heavy atom. The fourth-order valence-corrected chi connectivity index (χ4v) is 1.27. The van der Waals surface area contributed by atoms with E-state index in [1.165, 1.54) is 0 Å². The SMILES string of the molecule is O=S(=O)([N-]c1cc(F)cc(F)c1)C(F)(F)F. The molecular formula is C7H3F5NO2S-. The molecule has 0 saturated heterocycles. The molecule has 0 fully saturated rings. The third kappa shape index (κ3) is 2.81. The van der Waals surface area contributed by atoms with Crippen molar-refractivity contribution >= 4 is 15.7 Å². The molecule has 0 atom stereocenters. The van der Waals surface area contributed by atoms with Crippen molar-refractivity contribution in [2.24, 2.45) is 0 Å². The lowest BCUT2D eigenvalue weighted by Crippen LogP contribution is -2.20. The quantitative estimate of drug-likeness (QED) is 0.767. The van der Waals surface area contributed by atoms with Gasteiger partial charge in [-0.25, -0.2) is 17.2 Å². The minimum atomic E-state index is -5.79. The lowest BCUT2D eigenvalue weighted by molar-refractivity contribution is -0.0425. The minimum absolute atomic E-state index is 0.367. The number of hydrogen-bond acceptors (Lipinski definition) is 2. The van der Waals surface area contributed by atoms with E-state index in [-0.39, 0.29) is 0 Å². The van der Waals surface area contributed by atoms with Crippen LogP contribution in [0.5, 0.6) is 0 Å². The van der Waals surface area contributed by atoms with Crippen LogP contribution in [0.3, 0.4) is 0 Å². The molecule has 0 aromatic heterocycles. The van der Waals surface area contributed by atoms with Crippen LogP contribution < -0.4 is 0 Å². The zero-order chi connectivity index (χ0) is 12.6. The number of hydrogen-bond donors (Lipinski definition) is 0. The van der Waals surface area contributed by atoms with Crippen LogP contribution in [0.15, 0.2) is 18.2 Å². The summed E-state index contributed by atoms with van der Waals surface area (Å²) in [6, 6.07) is 1.11. The maximum absolute atomic E-state index is 12.5. The average molecular weight is 260 g/mol. The summed E-state index contributed by atoms with van der Waals surface area (Å²) in [7, 11) is -5.79. The van der Waals surface area contributed by atoms with E-state index in [1.54, 1.807) is 0 Å². The molecule has 0 N–H and O–H groups in total. The second-order valence-corrected chi connectivity index (χ2v) is 4.24. The Morgan fingerprint density at radius 2 is 1.44 bits per heavy atom. The lowest BCUT2D eigenvalue weighted by Gasteiger charge is -2.23. The summed E-state index contributed by atoms with van der Waals surface area (Å²) >= 11 is 0. The first kappa shape index (κ1) is 12.7. The number of rotatable bonds is 2. The average Bonchev–Trinajstić information content (AvgIpc) is 1.97. The summed E-state index contributed by atoms with van der Waals surface area (Å²) in [5.41, 5.74) is -6.56. The summed E-state index contributed by atoms with van der Waals surface area (Å²) in [4.78, 5) is 0. The monoisotopic (exact) mass is 260 g/mol. The Bertz CT molecular complexity index is 476. The highest BCUT2D eigenvalue weighted by molar-refractivity contribution is 7.95. The first-order chi connectivity index (χ1) is 7.12. The van der Waals surface area contributed by atoms with Crippen molar-refractivity contribution < 1.29 is 30.4 Å². The molecule has 0 amide bonds. The summed E-state index contributed by atoms with van der Waals surface area (Å²) < 4.78 is 83.9. The van der Waals surface area contributed by atoms with Crippen LogP contribution in [0.4, 0.5) is 27.6 Å². The van der Waals surface area contributed by atoms with Crippen LogP contribution in [-0.4, -0.2) is 13.9 Å². The lowest BCUT2D eigenvalue weighted by atomic mass is 10.3. The van der Waals surface area contributed by atoms with Gasteiger partial charge in [0.2, 0.25) is 0 Å². The van der Waals surface area contributed by atoms with Gasteiger partial charge < -0.3 is 4.72 Å². The minimum Gasteiger partial charge on any atom is -0.569 e. The van der Waals surface area contributed by atoms with E-state index in [4.69, 9.17) is 0 Å². The zero-order valence-corrected chi connectivity index (χ0v) is 8.11. The van der Waals surface area contributed by atoms with Gasteiger partial charge in [0.25, 0.3) is 0 Å². The van der Waals surface area contributed by atoms with Gasteiger partial charge in [0.1, 0.15) is 11.6 Å². The molecule has 1 rings (SSSR count). The van der Waals surface area contributed by atoms with Crippen molar-refractivity contribution in [3.63, 3.8) is 0 Å². The highest BCUT2D eigenvalue weighted by Crippen LogP contribution is 2.34. The number of benzene rings is 1. The van der Waals surface area contributed by atoms with E-state index in [9.17, 15) is 30.4 Å². The topological polar surface area (TPSA) is 48.2 Å². The van der Waals surface area contributed by atoms with Gasteiger partial charge in [-0.05, 0) is 12.1 Å². The summed E-state index contributed by atoms with van der Waals surface area (Å²) in [6.45, 7) is 0. The number of halogens is 5. The molecule has 0 aliphatic heterocycles. The molecule has 0 spiro atoms. The van der Waals surface area contributed by atoms with Gasteiger partial charge in [-0.1, -0.05) is 0 Å². The van der Waals surface area contributed by atoms with Crippen LogP contribution in [0.25, 0.3) is 4.72 Å². The molecule has 0 saturated carbocycles. The summed E-state index contributed by atoms with van der Waals surface area (Å²) in [5, 5.41) is 0. The molecule has 9 heteroatoms. The fraction of sp³-hybridized carbons (Fsp3) is 0.143. The molecule has 0 bridgehead atoms. The zero-order valence-electron chi connectivity index (χ0n) is 7.29. The van der Waals surface area contributed by atoms with Gasteiger partial charge in [-0.15, -0.1) is 5.69 Å². The van der Waals surface area contributed by atoms with Crippen LogP contribution in [0, 0.1) is 11.6 Å². The van der Waals surface area contributed by atoms with E-state index >= 15 is 0 Å². The molecular weight excluding hydrogens is 257 g/mol. The highest BCUT2D eigenvalue weighted by Gasteiger charge is 2.39. The van der Waals surface area contributed by atoms with Gasteiger partial charge in [-0.3, -0.25) is 0 Å². The molecule has 0 aliphatic carbocycles. The van der Waals surface area contributed by atoms with Crippen molar-refractivity contribution in [3.05, 3.63) is 34.6 Å². The molecule has 1 aromatic rings. The van der Waals surface area contributed by atoms with Crippen LogP contribution in [0.2, 0.25) is 0 Å². The molecule has 0 aliphatic rings. The van der Waals surface area contributed by atoms with E-state index in [2.05, 4.69) is 4.72 Å². The molecule has 16 heavy (non-hydrogen) atoms. The summed E-state index contributed by atoms with van der Waals surface area (Å²) in [5.74, 6) is -2.45. The van der Waals surface area contributed by atoms with Gasteiger partial charge in [0.15, 0.2) is 10.0 Å². The van der Waals surface area contributed by atoms with Crippen molar-refractivity contribution in [1.82, 2.24) is 0 Å². The number of nitrogens with zero attached hydrogens (tertiary/aromatic N) is 1. The van der Waals surface area contributed by atoms with E-state index in [1.807, 2.05) is 0 Å². The predicted molar refractivity (Wildman–Crippen MR) is 44.4 cm³/mol.